The Labute approximate surface area is 121 Å². The molecule has 1 saturated carbocycles. The lowest BCUT2D eigenvalue weighted by Crippen LogP contribution is -2.34. The van der Waals surface area contributed by atoms with E-state index in [2.05, 4.69) is 17.4 Å². The Bertz CT molecular complexity index is 383. The predicted molar refractivity (Wildman–Crippen MR) is 78.9 cm³/mol. The molecule has 1 N–H and O–H groups in total. The quantitative estimate of drug-likeness (QED) is 0.706. The molecule has 4 heteroatoms. The van der Waals surface area contributed by atoms with Gasteiger partial charge in [0.25, 0.3) is 0 Å². The zero-order chi connectivity index (χ0) is 14.4. The molecule has 0 aliphatic heterocycles. The first-order chi connectivity index (χ1) is 9.78. The van der Waals surface area contributed by atoms with E-state index in [9.17, 15) is 0 Å². The summed E-state index contributed by atoms with van der Waals surface area (Å²) in [7, 11) is 1.92. The third kappa shape index (κ3) is 4.20. The first kappa shape index (κ1) is 15.3. The molecule has 1 aromatic rings. The van der Waals surface area contributed by atoms with Crippen LogP contribution in [0.2, 0.25) is 0 Å². The summed E-state index contributed by atoms with van der Waals surface area (Å²) in [5.41, 5.74) is 1.14. The monoisotopic (exact) mass is 279 g/mol. The van der Waals surface area contributed by atoms with E-state index in [1.165, 1.54) is 12.8 Å². The fourth-order valence-corrected chi connectivity index (χ4v) is 2.16. The van der Waals surface area contributed by atoms with Crippen molar-refractivity contribution >= 4 is 0 Å². The minimum atomic E-state index is -0.273. The van der Waals surface area contributed by atoms with Gasteiger partial charge in [-0.3, -0.25) is 0 Å². The van der Waals surface area contributed by atoms with Gasteiger partial charge in [-0.15, -0.1) is 0 Å². The van der Waals surface area contributed by atoms with Crippen molar-refractivity contribution in [2.45, 2.75) is 45.1 Å². The van der Waals surface area contributed by atoms with Gasteiger partial charge in [0.1, 0.15) is 5.75 Å². The van der Waals surface area contributed by atoms with Crippen LogP contribution in [0.3, 0.4) is 0 Å². The highest BCUT2D eigenvalue weighted by Crippen LogP contribution is 2.28. The van der Waals surface area contributed by atoms with Crippen LogP contribution in [-0.4, -0.2) is 32.7 Å². The van der Waals surface area contributed by atoms with Gasteiger partial charge >= 0.3 is 0 Å². The highest BCUT2D eigenvalue weighted by atomic mass is 16.7. The van der Waals surface area contributed by atoms with Crippen molar-refractivity contribution in [2.24, 2.45) is 0 Å². The molecule has 0 bridgehead atoms. The fraction of sp³-hybridized carbons (Fsp3) is 0.625. The Morgan fingerprint density at radius 1 is 1.10 bits per heavy atom. The van der Waals surface area contributed by atoms with E-state index in [4.69, 9.17) is 14.2 Å². The van der Waals surface area contributed by atoms with E-state index < -0.39 is 0 Å². The molecule has 20 heavy (non-hydrogen) atoms. The van der Waals surface area contributed by atoms with E-state index in [-0.39, 0.29) is 12.3 Å². The van der Waals surface area contributed by atoms with Crippen molar-refractivity contribution in [3.8, 4) is 5.75 Å². The maximum atomic E-state index is 5.77. The summed E-state index contributed by atoms with van der Waals surface area (Å²) < 4.78 is 17.1. The Kier molecular flexibility index (Phi) is 5.83. The third-order valence-corrected chi connectivity index (χ3v) is 3.31. The Balaban J connectivity index is 2.04. The van der Waals surface area contributed by atoms with Crippen molar-refractivity contribution in [1.29, 1.82) is 0 Å². The molecule has 112 valence electrons. The highest BCUT2D eigenvalue weighted by Gasteiger charge is 2.25. The van der Waals surface area contributed by atoms with Gasteiger partial charge < -0.3 is 19.5 Å². The lowest BCUT2D eigenvalue weighted by molar-refractivity contribution is -0.154. The van der Waals surface area contributed by atoms with Crippen LogP contribution in [0.15, 0.2) is 24.3 Å². The normalized spacial score (nSPS) is 16.4. The molecule has 1 aliphatic rings. The van der Waals surface area contributed by atoms with Crippen molar-refractivity contribution in [1.82, 2.24) is 5.32 Å². The summed E-state index contributed by atoms with van der Waals surface area (Å²) in [6, 6.07) is 8.21. The molecule has 0 saturated heterocycles. The van der Waals surface area contributed by atoms with Gasteiger partial charge in [0, 0.05) is 13.2 Å². The summed E-state index contributed by atoms with van der Waals surface area (Å²) in [5.74, 6) is 0.940. The first-order valence-electron chi connectivity index (χ1n) is 7.45. The Morgan fingerprint density at radius 2 is 1.70 bits per heavy atom. The Hall–Kier alpha value is -1.10. The summed E-state index contributed by atoms with van der Waals surface area (Å²) in [6.45, 7) is 5.22. The molecular weight excluding hydrogens is 254 g/mol. The van der Waals surface area contributed by atoms with Crippen LogP contribution in [0.25, 0.3) is 0 Å². The van der Waals surface area contributed by atoms with Crippen LogP contribution < -0.4 is 10.1 Å². The number of hydrogen-bond donors (Lipinski definition) is 1. The van der Waals surface area contributed by atoms with Gasteiger partial charge in [-0.25, -0.2) is 0 Å². The summed E-state index contributed by atoms with van der Waals surface area (Å²) in [6.07, 6.45) is 2.51. The number of ether oxygens (including phenoxy) is 3. The molecule has 1 atom stereocenters. The topological polar surface area (TPSA) is 39.7 Å². The highest BCUT2D eigenvalue weighted by molar-refractivity contribution is 5.30. The predicted octanol–water partition coefficient (Wildman–Crippen LogP) is 2.89. The number of likely N-dealkylation sites (N-methyl/N-ethyl adjacent to an activating group) is 1. The van der Waals surface area contributed by atoms with Crippen LogP contribution in [0.1, 0.15) is 38.3 Å². The SMILES string of the molecule is CCOC(OCC)C(NC)c1ccc(OC2CC2)cc1. The molecule has 1 aromatic carbocycles. The molecule has 4 nitrogen and oxygen atoms in total. The molecule has 0 spiro atoms. The second kappa shape index (κ2) is 7.62. The van der Waals surface area contributed by atoms with Crippen LogP contribution in [-0.2, 0) is 9.47 Å². The average molecular weight is 279 g/mol. The maximum absolute atomic E-state index is 5.77. The van der Waals surface area contributed by atoms with Crippen molar-refractivity contribution in [2.75, 3.05) is 20.3 Å². The smallest absolute Gasteiger partial charge is 0.176 e. The van der Waals surface area contributed by atoms with E-state index in [1.807, 2.05) is 33.0 Å². The second-order valence-electron chi connectivity index (χ2n) is 4.93. The molecule has 0 amide bonds. The third-order valence-electron chi connectivity index (χ3n) is 3.31. The van der Waals surface area contributed by atoms with Crippen molar-refractivity contribution in [3.05, 3.63) is 29.8 Å². The number of nitrogens with one attached hydrogen (secondary N) is 1. The molecule has 1 aliphatic carbocycles. The zero-order valence-electron chi connectivity index (χ0n) is 12.6. The van der Waals surface area contributed by atoms with Crippen molar-refractivity contribution < 1.29 is 14.2 Å². The van der Waals surface area contributed by atoms with E-state index in [0.29, 0.717) is 19.3 Å². The van der Waals surface area contributed by atoms with Gasteiger partial charge in [0.05, 0.1) is 12.1 Å². The zero-order valence-corrected chi connectivity index (χ0v) is 12.6. The molecule has 1 unspecified atom stereocenters. The molecule has 0 heterocycles. The van der Waals surface area contributed by atoms with Crippen LogP contribution in [0.4, 0.5) is 0 Å². The number of hydrogen-bond acceptors (Lipinski definition) is 4. The summed E-state index contributed by atoms with van der Waals surface area (Å²) >= 11 is 0. The largest absolute Gasteiger partial charge is 0.490 e. The van der Waals surface area contributed by atoms with E-state index in [1.54, 1.807) is 0 Å². The van der Waals surface area contributed by atoms with E-state index >= 15 is 0 Å². The maximum Gasteiger partial charge on any atom is 0.176 e. The standard InChI is InChI=1S/C16H25NO3/c1-4-18-16(19-5-2)15(17-3)12-6-8-13(9-7-12)20-14-10-11-14/h6-9,14-17H,4-5,10-11H2,1-3H3. The molecule has 0 aromatic heterocycles. The van der Waals surface area contributed by atoms with Gasteiger partial charge in [0.2, 0.25) is 0 Å². The van der Waals surface area contributed by atoms with Gasteiger partial charge in [-0.2, -0.15) is 0 Å². The van der Waals surface area contributed by atoms with Gasteiger partial charge in [0.15, 0.2) is 6.29 Å². The lowest BCUT2D eigenvalue weighted by atomic mass is 10.1. The minimum absolute atomic E-state index is 0.0184. The van der Waals surface area contributed by atoms with Crippen LogP contribution in [0.5, 0.6) is 5.75 Å². The van der Waals surface area contributed by atoms with Crippen molar-refractivity contribution in [3.63, 3.8) is 0 Å². The summed E-state index contributed by atoms with van der Waals surface area (Å²) in [4.78, 5) is 0. The first-order valence-corrected chi connectivity index (χ1v) is 7.45. The number of benzene rings is 1. The van der Waals surface area contributed by atoms with Crippen LogP contribution >= 0.6 is 0 Å². The fourth-order valence-electron chi connectivity index (χ4n) is 2.16. The minimum Gasteiger partial charge on any atom is -0.490 e. The average Bonchev–Trinajstić information content (AvgIpc) is 3.26. The summed E-state index contributed by atoms with van der Waals surface area (Å²) in [5, 5.41) is 3.27. The second-order valence-corrected chi connectivity index (χ2v) is 4.93. The Morgan fingerprint density at radius 3 is 2.15 bits per heavy atom. The number of rotatable bonds is 9. The molecular formula is C16H25NO3. The van der Waals surface area contributed by atoms with Gasteiger partial charge in [-0.05, 0) is 51.4 Å². The molecule has 2 rings (SSSR count). The molecule has 1 fully saturated rings. The molecule has 0 radical (unpaired) electrons. The van der Waals surface area contributed by atoms with E-state index in [0.717, 1.165) is 11.3 Å². The lowest BCUT2D eigenvalue weighted by Gasteiger charge is -2.26. The van der Waals surface area contributed by atoms with Gasteiger partial charge in [-0.1, -0.05) is 12.1 Å². The van der Waals surface area contributed by atoms with Crippen LogP contribution in [0, 0.1) is 0 Å².